The predicted octanol–water partition coefficient (Wildman–Crippen LogP) is 2.58. The molecule has 36 heavy (non-hydrogen) atoms. The fraction of sp³-hybridized carbons (Fsp3) is 0.273. The van der Waals surface area contributed by atoms with Crippen molar-refractivity contribution in [3.05, 3.63) is 58.1 Å². The van der Waals surface area contributed by atoms with Crippen molar-refractivity contribution in [2.24, 2.45) is 44.6 Å². The van der Waals surface area contributed by atoms with Crippen molar-refractivity contribution < 1.29 is 0 Å². The number of aryl methyl sites for hydroxylation is 1. The van der Waals surface area contributed by atoms with E-state index in [1.165, 1.54) is 17.9 Å². The number of hydrogen-bond donors (Lipinski definition) is 8. The van der Waals surface area contributed by atoms with Gasteiger partial charge in [0.1, 0.15) is 0 Å². The number of guanidine groups is 4. The molecule has 0 aromatic heterocycles. The molecule has 196 valence electrons. The molecule has 0 aliphatic rings. The molecule has 0 saturated carbocycles. The van der Waals surface area contributed by atoms with E-state index in [0.29, 0.717) is 21.4 Å². The minimum Gasteiger partial charge on any atom is -0.369 e. The summed E-state index contributed by atoms with van der Waals surface area (Å²) < 4.78 is 0. The van der Waals surface area contributed by atoms with Crippen molar-refractivity contribution in [2.45, 2.75) is 39.0 Å². The van der Waals surface area contributed by atoms with Crippen molar-refractivity contribution in [1.82, 2.24) is 0 Å². The first-order chi connectivity index (χ1) is 17.0. The Bertz CT molecular complexity index is 1060. The Morgan fingerprint density at radius 1 is 0.750 bits per heavy atom. The molecule has 14 heteroatoms. The maximum absolute atomic E-state index is 7.63. The van der Waals surface area contributed by atoms with E-state index in [4.69, 9.17) is 68.4 Å². The molecule has 0 bridgehead atoms. The van der Waals surface area contributed by atoms with Gasteiger partial charge in [-0.25, -0.2) is 0 Å². The Labute approximate surface area is 220 Å². The Kier molecular flexibility index (Phi) is 12.7. The lowest BCUT2D eigenvalue weighted by Crippen LogP contribution is -2.37. The van der Waals surface area contributed by atoms with Gasteiger partial charge in [-0.05, 0) is 60.9 Å². The smallest absolute Gasteiger partial charge is 0.214 e. The largest absolute Gasteiger partial charge is 0.369 e. The van der Waals surface area contributed by atoms with Crippen LogP contribution in [0.3, 0.4) is 0 Å². The molecule has 14 N–H and O–H groups in total. The highest BCUT2D eigenvalue weighted by Crippen LogP contribution is 2.26. The third kappa shape index (κ3) is 10.6. The first-order valence-corrected chi connectivity index (χ1v) is 11.7. The van der Waals surface area contributed by atoms with Crippen LogP contribution in [0.15, 0.2) is 52.7 Å². The van der Waals surface area contributed by atoms with E-state index < -0.39 is 0 Å². The number of nitrogens with two attached hydrogens (primary N) is 6. The lowest BCUT2D eigenvalue weighted by atomic mass is 10.0. The molecule has 0 heterocycles. The summed E-state index contributed by atoms with van der Waals surface area (Å²) in [5.41, 5.74) is 34.3. The zero-order chi connectivity index (χ0) is 27.3. The maximum atomic E-state index is 7.63. The minimum atomic E-state index is -0.286. The van der Waals surface area contributed by atoms with Gasteiger partial charge in [-0.15, -0.1) is 10.2 Å². The number of rotatable bonds is 9. The third-order valence-corrected chi connectivity index (χ3v) is 5.01. The fourth-order valence-electron chi connectivity index (χ4n) is 3.00. The number of nitrogens with zero attached hydrogens (tertiary/aromatic N) is 4. The van der Waals surface area contributed by atoms with E-state index in [0.717, 1.165) is 29.8 Å². The molecule has 0 radical (unpaired) electrons. The van der Waals surface area contributed by atoms with E-state index >= 15 is 0 Å². The Hall–Kier alpha value is -3.90. The quantitative estimate of drug-likeness (QED) is 0.102. The molecule has 0 fully saturated rings. The summed E-state index contributed by atoms with van der Waals surface area (Å²) >= 11 is 11.8. The number of unbranched alkanes of at least 4 members (excludes halogenated alkanes) is 3. The number of nitrogens with one attached hydrogen (secondary N) is 2. The molecule has 0 aliphatic heterocycles. The van der Waals surface area contributed by atoms with Crippen LogP contribution in [0.2, 0.25) is 10.0 Å². The molecule has 0 spiro atoms. The van der Waals surface area contributed by atoms with Crippen LogP contribution in [0.1, 0.15) is 38.2 Å². The summed E-state index contributed by atoms with van der Waals surface area (Å²) in [5.74, 6) is -0.872. The number of benzene rings is 2. The van der Waals surface area contributed by atoms with Gasteiger partial charge in [-0.2, -0.15) is 10.0 Å². The van der Waals surface area contributed by atoms with Gasteiger partial charge in [0.15, 0.2) is 0 Å². The molecule has 0 saturated heterocycles. The zero-order valence-corrected chi connectivity index (χ0v) is 21.6. The first kappa shape index (κ1) is 30.1. The standard InChI is InChI=1S/C14H23ClN6.C8H11ClN6/c1-2-3-4-5-6-10-9-11(15)7-8-12(10)21(14(18)19)20-13(16)17;9-5-1-3-6(4-2-5)15(8(12)13)14-7(10)11/h7-9H,2-6H2,1H3,(H3,18,19)(H4,16,17,20);1-4H,(H3,12,13)(H4,10,11,14). The van der Waals surface area contributed by atoms with E-state index in [9.17, 15) is 0 Å². The second-order valence-corrected chi connectivity index (χ2v) is 8.38. The van der Waals surface area contributed by atoms with E-state index in [1.54, 1.807) is 36.4 Å². The van der Waals surface area contributed by atoms with Gasteiger partial charge < -0.3 is 34.4 Å². The van der Waals surface area contributed by atoms with Gasteiger partial charge >= 0.3 is 0 Å². The van der Waals surface area contributed by atoms with Gasteiger partial charge in [0, 0.05) is 10.0 Å². The van der Waals surface area contributed by atoms with Crippen molar-refractivity contribution in [2.75, 3.05) is 10.0 Å². The summed E-state index contributed by atoms with van der Waals surface area (Å²) in [7, 11) is 0. The van der Waals surface area contributed by atoms with Crippen LogP contribution in [-0.4, -0.2) is 23.8 Å². The van der Waals surface area contributed by atoms with Crippen LogP contribution >= 0.6 is 23.2 Å². The van der Waals surface area contributed by atoms with Crippen molar-refractivity contribution in [3.8, 4) is 0 Å². The van der Waals surface area contributed by atoms with Crippen LogP contribution in [0, 0.1) is 10.8 Å². The van der Waals surface area contributed by atoms with Crippen LogP contribution in [0.5, 0.6) is 0 Å². The second kappa shape index (κ2) is 15.2. The van der Waals surface area contributed by atoms with E-state index in [2.05, 4.69) is 17.1 Å². The molecule has 0 atom stereocenters. The number of hydrogen-bond acceptors (Lipinski definition) is 4. The normalized spacial score (nSPS) is 9.86. The Morgan fingerprint density at radius 3 is 1.78 bits per heavy atom. The topological polar surface area (TPSA) is 235 Å². The minimum absolute atomic E-state index is 0.155. The molecule has 0 amide bonds. The van der Waals surface area contributed by atoms with Crippen LogP contribution in [-0.2, 0) is 6.42 Å². The molecule has 2 aromatic rings. The highest BCUT2D eigenvalue weighted by Gasteiger charge is 2.14. The summed E-state index contributed by atoms with van der Waals surface area (Å²) in [6, 6.07) is 12.0. The molecule has 0 unspecified atom stereocenters. The molecule has 12 nitrogen and oxygen atoms in total. The third-order valence-electron chi connectivity index (χ3n) is 4.53. The Balaban J connectivity index is 0.000000381. The summed E-state index contributed by atoms with van der Waals surface area (Å²) in [6.45, 7) is 2.17. The number of halogens is 2. The molecular weight excluding hydrogens is 503 g/mol. The lowest BCUT2D eigenvalue weighted by molar-refractivity contribution is 0.666. The molecule has 0 aliphatic carbocycles. The SMILES string of the molecule is CCCCCCc1cc(Cl)ccc1N(N=C(N)N)C(=N)N.N=C(N)N(N=C(N)N)c1ccc(Cl)cc1. The van der Waals surface area contributed by atoms with Crippen LogP contribution in [0.4, 0.5) is 11.4 Å². The number of hydrazone groups is 2. The highest BCUT2D eigenvalue weighted by atomic mass is 35.5. The van der Waals surface area contributed by atoms with Gasteiger partial charge in [-0.3, -0.25) is 10.8 Å². The first-order valence-electron chi connectivity index (χ1n) is 11.0. The van der Waals surface area contributed by atoms with Gasteiger partial charge in [-0.1, -0.05) is 49.4 Å². The Morgan fingerprint density at radius 2 is 1.28 bits per heavy atom. The lowest BCUT2D eigenvalue weighted by Gasteiger charge is -2.20. The fourth-order valence-corrected chi connectivity index (χ4v) is 3.33. The molecule has 2 aromatic carbocycles. The maximum Gasteiger partial charge on any atom is 0.214 e. The highest BCUT2D eigenvalue weighted by molar-refractivity contribution is 6.31. The number of anilines is 2. The average Bonchev–Trinajstić information content (AvgIpc) is 2.80. The average molecular weight is 538 g/mol. The van der Waals surface area contributed by atoms with Gasteiger partial charge in [0.05, 0.1) is 11.4 Å². The molecular formula is C22H34Cl2N12. The second-order valence-electron chi connectivity index (χ2n) is 7.50. The monoisotopic (exact) mass is 536 g/mol. The van der Waals surface area contributed by atoms with Crippen molar-refractivity contribution in [3.63, 3.8) is 0 Å². The van der Waals surface area contributed by atoms with Crippen molar-refractivity contribution in [1.29, 1.82) is 10.8 Å². The van der Waals surface area contributed by atoms with Crippen molar-refractivity contribution >= 4 is 58.4 Å². The van der Waals surface area contributed by atoms with Crippen LogP contribution < -0.4 is 44.4 Å². The van der Waals surface area contributed by atoms with E-state index in [-0.39, 0.29) is 23.8 Å². The summed E-state index contributed by atoms with van der Waals surface area (Å²) in [4.78, 5) is 0. The molecule has 2 rings (SSSR count). The van der Waals surface area contributed by atoms with Gasteiger partial charge in [0.25, 0.3) is 0 Å². The zero-order valence-electron chi connectivity index (χ0n) is 20.1. The summed E-state index contributed by atoms with van der Waals surface area (Å²) in [6.07, 6.45) is 5.38. The predicted molar refractivity (Wildman–Crippen MR) is 151 cm³/mol. The van der Waals surface area contributed by atoms with Crippen LogP contribution in [0.25, 0.3) is 0 Å². The van der Waals surface area contributed by atoms with Gasteiger partial charge in [0.2, 0.25) is 23.8 Å². The van der Waals surface area contributed by atoms with E-state index in [1.807, 2.05) is 6.07 Å². The summed E-state index contributed by atoms with van der Waals surface area (Å²) in [5, 5.41) is 26.0.